The summed E-state index contributed by atoms with van der Waals surface area (Å²) in [7, 11) is 1.56. The molecule has 1 saturated carbocycles. The first-order valence-corrected chi connectivity index (χ1v) is 5.33. The van der Waals surface area contributed by atoms with Gasteiger partial charge in [-0.3, -0.25) is 4.79 Å². The van der Waals surface area contributed by atoms with Crippen LogP contribution in [0.25, 0.3) is 0 Å². The van der Waals surface area contributed by atoms with Crippen molar-refractivity contribution in [2.45, 2.75) is 25.4 Å². The van der Waals surface area contributed by atoms with Crippen molar-refractivity contribution in [1.82, 2.24) is 5.32 Å². The molecule has 4 nitrogen and oxygen atoms in total. The van der Waals surface area contributed by atoms with E-state index in [0.717, 1.165) is 12.0 Å². The first-order valence-electron chi connectivity index (χ1n) is 5.33. The van der Waals surface area contributed by atoms with E-state index in [-0.39, 0.29) is 18.0 Å². The average molecular weight is 220 g/mol. The van der Waals surface area contributed by atoms with Crippen molar-refractivity contribution in [2.24, 2.45) is 5.73 Å². The zero-order chi connectivity index (χ0) is 11.7. The molecule has 0 spiro atoms. The first-order chi connectivity index (χ1) is 7.61. The number of nitrogens with two attached hydrogens (primary N) is 1. The first kappa shape index (κ1) is 11.0. The number of benzene rings is 1. The van der Waals surface area contributed by atoms with Crippen LogP contribution in [-0.2, 0) is 0 Å². The van der Waals surface area contributed by atoms with Crippen molar-refractivity contribution < 1.29 is 9.53 Å². The molecule has 1 aliphatic carbocycles. The Bertz CT molecular complexity index is 417. The van der Waals surface area contributed by atoms with Crippen LogP contribution in [0.5, 0.6) is 5.75 Å². The highest BCUT2D eigenvalue weighted by Gasteiger charge is 2.35. The third-order valence-electron chi connectivity index (χ3n) is 2.76. The van der Waals surface area contributed by atoms with E-state index in [2.05, 4.69) is 5.32 Å². The van der Waals surface area contributed by atoms with Crippen LogP contribution in [-0.4, -0.2) is 25.1 Å². The summed E-state index contributed by atoms with van der Waals surface area (Å²) in [6.07, 6.45) is 0.861. The standard InChI is InChI=1S/C12H16N2O2/c1-7-3-4-11(16-2)8(5-7)12(15)14-10-6-9(10)13/h3-5,9-10H,6,13H2,1-2H3,(H,14,15). The normalized spacial score (nSPS) is 22.7. The molecule has 2 atom stereocenters. The Balaban J connectivity index is 2.17. The summed E-state index contributed by atoms with van der Waals surface area (Å²) < 4.78 is 5.16. The van der Waals surface area contributed by atoms with E-state index in [9.17, 15) is 4.79 Å². The van der Waals surface area contributed by atoms with Gasteiger partial charge in [0.15, 0.2) is 0 Å². The van der Waals surface area contributed by atoms with Gasteiger partial charge in [-0.15, -0.1) is 0 Å². The largest absolute Gasteiger partial charge is 0.496 e. The van der Waals surface area contributed by atoms with E-state index in [1.54, 1.807) is 13.2 Å². The topological polar surface area (TPSA) is 64.3 Å². The van der Waals surface area contributed by atoms with Crippen molar-refractivity contribution >= 4 is 5.91 Å². The molecule has 2 unspecified atom stereocenters. The zero-order valence-corrected chi connectivity index (χ0v) is 9.49. The highest BCUT2D eigenvalue weighted by molar-refractivity contribution is 5.97. The van der Waals surface area contributed by atoms with Gasteiger partial charge in [0.25, 0.3) is 5.91 Å². The number of hydrogen-bond acceptors (Lipinski definition) is 3. The molecule has 1 aromatic carbocycles. The van der Waals surface area contributed by atoms with Gasteiger partial charge in [0.1, 0.15) is 5.75 Å². The Morgan fingerprint density at radius 2 is 2.25 bits per heavy atom. The van der Waals surface area contributed by atoms with Gasteiger partial charge in [-0.1, -0.05) is 11.6 Å². The molecule has 16 heavy (non-hydrogen) atoms. The molecule has 0 radical (unpaired) electrons. The van der Waals surface area contributed by atoms with E-state index in [1.807, 2.05) is 19.1 Å². The Morgan fingerprint density at radius 3 is 2.81 bits per heavy atom. The van der Waals surface area contributed by atoms with E-state index in [4.69, 9.17) is 10.5 Å². The highest BCUT2D eigenvalue weighted by atomic mass is 16.5. The van der Waals surface area contributed by atoms with Gasteiger partial charge in [-0.05, 0) is 25.5 Å². The van der Waals surface area contributed by atoms with Crippen LogP contribution in [0.3, 0.4) is 0 Å². The van der Waals surface area contributed by atoms with Gasteiger partial charge >= 0.3 is 0 Å². The van der Waals surface area contributed by atoms with Gasteiger partial charge in [0.2, 0.25) is 0 Å². The minimum atomic E-state index is -0.112. The Kier molecular flexibility index (Phi) is 2.83. The Morgan fingerprint density at radius 1 is 1.56 bits per heavy atom. The molecule has 0 bridgehead atoms. The fraction of sp³-hybridized carbons (Fsp3) is 0.417. The van der Waals surface area contributed by atoms with Gasteiger partial charge in [0.05, 0.1) is 12.7 Å². The predicted octanol–water partition coefficient (Wildman–Crippen LogP) is 0.833. The number of rotatable bonds is 3. The lowest BCUT2D eigenvalue weighted by atomic mass is 10.1. The summed E-state index contributed by atoms with van der Waals surface area (Å²) in [6.45, 7) is 1.94. The summed E-state index contributed by atoms with van der Waals surface area (Å²) in [5.74, 6) is 0.482. The summed E-state index contributed by atoms with van der Waals surface area (Å²) in [5, 5.41) is 2.88. The third kappa shape index (κ3) is 2.17. The molecule has 1 amide bonds. The molecule has 1 aromatic rings. The fourth-order valence-corrected chi connectivity index (χ4v) is 1.63. The van der Waals surface area contributed by atoms with E-state index < -0.39 is 0 Å². The van der Waals surface area contributed by atoms with Crippen LogP contribution in [0.4, 0.5) is 0 Å². The molecule has 4 heteroatoms. The van der Waals surface area contributed by atoms with Crippen LogP contribution in [0.1, 0.15) is 22.3 Å². The molecule has 0 heterocycles. The molecule has 86 valence electrons. The second kappa shape index (κ2) is 4.14. The van der Waals surface area contributed by atoms with E-state index in [0.29, 0.717) is 11.3 Å². The van der Waals surface area contributed by atoms with Crippen LogP contribution in [0, 0.1) is 6.92 Å². The number of aryl methyl sites for hydroxylation is 1. The fourth-order valence-electron chi connectivity index (χ4n) is 1.63. The van der Waals surface area contributed by atoms with Crippen LogP contribution < -0.4 is 15.8 Å². The monoisotopic (exact) mass is 220 g/mol. The smallest absolute Gasteiger partial charge is 0.255 e. The minimum absolute atomic E-state index is 0.111. The lowest BCUT2D eigenvalue weighted by Gasteiger charge is -2.09. The van der Waals surface area contributed by atoms with Crippen LogP contribution in [0.15, 0.2) is 18.2 Å². The van der Waals surface area contributed by atoms with Crippen molar-refractivity contribution in [2.75, 3.05) is 7.11 Å². The zero-order valence-electron chi connectivity index (χ0n) is 9.49. The summed E-state index contributed by atoms with van der Waals surface area (Å²) in [5.41, 5.74) is 7.25. The maximum Gasteiger partial charge on any atom is 0.255 e. The summed E-state index contributed by atoms with van der Waals surface area (Å²) >= 11 is 0. The van der Waals surface area contributed by atoms with Crippen molar-refractivity contribution in [1.29, 1.82) is 0 Å². The SMILES string of the molecule is COc1ccc(C)cc1C(=O)NC1CC1N. The van der Waals surface area contributed by atoms with Crippen molar-refractivity contribution in [3.8, 4) is 5.75 Å². The molecule has 0 aromatic heterocycles. The number of hydrogen-bond donors (Lipinski definition) is 2. The van der Waals surface area contributed by atoms with Gasteiger partial charge < -0.3 is 15.8 Å². The van der Waals surface area contributed by atoms with Crippen molar-refractivity contribution in [3.05, 3.63) is 29.3 Å². The lowest BCUT2D eigenvalue weighted by molar-refractivity contribution is 0.0947. The Hall–Kier alpha value is -1.55. The minimum Gasteiger partial charge on any atom is -0.496 e. The third-order valence-corrected chi connectivity index (χ3v) is 2.76. The molecule has 1 aliphatic rings. The lowest BCUT2D eigenvalue weighted by Crippen LogP contribution is -2.29. The van der Waals surface area contributed by atoms with Crippen LogP contribution >= 0.6 is 0 Å². The van der Waals surface area contributed by atoms with E-state index in [1.165, 1.54) is 0 Å². The molecule has 2 rings (SSSR count). The number of methoxy groups -OCH3 is 1. The van der Waals surface area contributed by atoms with Crippen molar-refractivity contribution in [3.63, 3.8) is 0 Å². The maximum atomic E-state index is 11.9. The molecular formula is C12H16N2O2. The maximum absolute atomic E-state index is 11.9. The molecule has 0 saturated heterocycles. The number of ether oxygens (including phenoxy) is 1. The number of nitrogens with one attached hydrogen (secondary N) is 1. The quantitative estimate of drug-likeness (QED) is 0.793. The van der Waals surface area contributed by atoms with Crippen LogP contribution in [0.2, 0.25) is 0 Å². The van der Waals surface area contributed by atoms with Gasteiger partial charge in [-0.2, -0.15) is 0 Å². The number of amides is 1. The molecule has 3 N–H and O–H groups in total. The van der Waals surface area contributed by atoms with Gasteiger partial charge in [0, 0.05) is 12.1 Å². The summed E-state index contributed by atoms with van der Waals surface area (Å²) in [4.78, 5) is 11.9. The second-order valence-corrected chi connectivity index (χ2v) is 4.18. The Labute approximate surface area is 94.8 Å². The number of carbonyl (C=O) groups is 1. The molecule has 1 fully saturated rings. The molecule has 0 aliphatic heterocycles. The van der Waals surface area contributed by atoms with E-state index >= 15 is 0 Å². The summed E-state index contributed by atoms with van der Waals surface area (Å²) in [6, 6.07) is 5.77. The average Bonchev–Trinajstić information content (AvgIpc) is 2.94. The predicted molar refractivity (Wildman–Crippen MR) is 61.6 cm³/mol. The van der Waals surface area contributed by atoms with Gasteiger partial charge in [-0.25, -0.2) is 0 Å². The highest BCUT2D eigenvalue weighted by Crippen LogP contribution is 2.22. The second-order valence-electron chi connectivity index (χ2n) is 4.18. The molecular weight excluding hydrogens is 204 g/mol. The number of carbonyl (C=O) groups excluding carboxylic acids is 1.